The van der Waals surface area contributed by atoms with Gasteiger partial charge in [-0.3, -0.25) is 0 Å². The first-order chi connectivity index (χ1) is 5.08. The van der Waals surface area contributed by atoms with Gasteiger partial charge in [0, 0.05) is 18.3 Å². The summed E-state index contributed by atoms with van der Waals surface area (Å²) in [7, 11) is 0. The highest BCUT2D eigenvalue weighted by Gasteiger charge is 2.13. The quantitative estimate of drug-likeness (QED) is 0.681. The van der Waals surface area contributed by atoms with Crippen molar-refractivity contribution in [3.63, 3.8) is 0 Å². The molecular weight excluding hydrogens is 140 g/mol. The number of hydrogen-bond acceptors (Lipinski definition) is 3. The molecule has 0 saturated heterocycles. The predicted molar refractivity (Wildman–Crippen MR) is 42.0 cm³/mol. The number of aromatic nitrogens is 2. The van der Waals surface area contributed by atoms with Gasteiger partial charge in [-0.1, -0.05) is 0 Å². The zero-order valence-electron chi connectivity index (χ0n) is 6.78. The van der Waals surface area contributed by atoms with Crippen molar-refractivity contribution in [2.24, 2.45) is 0 Å². The normalized spacial score (nSPS) is 11.5. The van der Waals surface area contributed by atoms with E-state index in [1.807, 2.05) is 0 Å². The Balaban J connectivity index is 2.66. The predicted octanol–water partition coefficient (Wildman–Crippen LogP) is 0.790. The zero-order valence-corrected chi connectivity index (χ0v) is 6.78. The molecule has 0 bridgehead atoms. The van der Waals surface area contributed by atoms with Gasteiger partial charge in [-0.25, -0.2) is 9.97 Å². The van der Waals surface area contributed by atoms with E-state index >= 15 is 0 Å². The molecule has 0 spiro atoms. The minimum atomic E-state index is -0.686. The summed E-state index contributed by atoms with van der Waals surface area (Å²) >= 11 is 0. The van der Waals surface area contributed by atoms with Gasteiger partial charge in [0.05, 0.1) is 5.60 Å². The van der Waals surface area contributed by atoms with Crippen LogP contribution in [0.15, 0.2) is 18.6 Å². The van der Waals surface area contributed by atoms with E-state index in [2.05, 4.69) is 9.97 Å². The standard InChI is InChI=1S/C8H12N2O/c1-8(2,11)5-7-3-4-9-6-10-7/h3-4,6,11H,5H2,1-2H3. The van der Waals surface area contributed by atoms with Crippen molar-refractivity contribution in [2.75, 3.05) is 0 Å². The van der Waals surface area contributed by atoms with Gasteiger partial charge in [0.25, 0.3) is 0 Å². The highest BCUT2D eigenvalue weighted by Crippen LogP contribution is 2.08. The Morgan fingerprint density at radius 2 is 2.27 bits per heavy atom. The Kier molecular flexibility index (Phi) is 2.19. The highest BCUT2D eigenvalue weighted by atomic mass is 16.3. The Hall–Kier alpha value is -0.960. The summed E-state index contributed by atoms with van der Waals surface area (Å²) in [6, 6.07) is 1.80. The molecule has 60 valence electrons. The van der Waals surface area contributed by atoms with Crippen LogP contribution in [0.5, 0.6) is 0 Å². The smallest absolute Gasteiger partial charge is 0.115 e. The molecule has 0 aromatic carbocycles. The largest absolute Gasteiger partial charge is 0.390 e. The van der Waals surface area contributed by atoms with Gasteiger partial charge >= 0.3 is 0 Å². The minimum Gasteiger partial charge on any atom is -0.390 e. The average Bonchev–Trinajstić information content (AvgIpc) is 1.85. The first kappa shape index (κ1) is 8.14. The molecule has 1 heterocycles. The van der Waals surface area contributed by atoms with Crippen LogP contribution in [0.25, 0.3) is 0 Å². The van der Waals surface area contributed by atoms with Crippen LogP contribution in [0.1, 0.15) is 19.5 Å². The van der Waals surface area contributed by atoms with E-state index in [1.165, 1.54) is 6.33 Å². The molecule has 1 aromatic heterocycles. The summed E-state index contributed by atoms with van der Waals surface area (Å²) in [5.74, 6) is 0. The molecule has 0 aliphatic heterocycles. The first-order valence-corrected chi connectivity index (χ1v) is 3.55. The van der Waals surface area contributed by atoms with E-state index < -0.39 is 5.60 Å². The van der Waals surface area contributed by atoms with E-state index in [0.717, 1.165) is 5.69 Å². The second-order valence-electron chi connectivity index (χ2n) is 3.19. The van der Waals surface area contributed by atoms with Crippen LogP contribution in [-0.2, 0) is 6.42 Å². The zero-order chi connectivity index (χ0) is 8.32. The van der Waals surface area contributed by atoms with Gasteiger partial charge in [-0.05, 0) is 19.9 Å². The Morgan fingerprint density at radius 1 is 1.55 bits per heavy atom. The topological polar surface area (TPSA) is 46.0 Å². The molecule has 0 fully saturated rings. The lowest BCUT2D eigenvalue weighted by Gasteiger charge is -2.15. The van der Waals surface area contributed by atoms with E-state index in [9.17, 15) is 5.11 Å². The SMILES string of the molecule is CC(C)(O)Cc1ccncn1. The lowest BCUT2D eigenvalue weighted by Crippen LogP contribution is -2.22. The molecule has 0 atom stereocenters. The number of aliphatic hydroxyl groups is 1. The average molecular weight is 152 g/mol. The Labute approximate surface area is 66.1 Å². The molecule has 0 aliphatic carbocycles. The fourth-order valence-electron chi connectivity index (χ4n) is 0.866. The summed E-state index contributed by atoms with van der Waals surface area (Å²) in [4.78, 5) is 7.78. The molecule has 0 radical (unpaired) electrons. The monoisotopic (exact) mass is 152 g/mol. The third kappa shape index (κ3) is 3.09. The molecule has 3 nitrogen and oxygen atoms in total. The van der Waals surface area contributed by atoms with Gasteiger partial charge in [0.1, 0.15) is 6.33 Å². The van der Waals surface area contributed by atoms with Crippen LogP contribution >= 0.6 is 0 Å². The fraction of sp³-hybridized carbons (Fsp3) is 0.500. The Bertz CT molecular complexity index is 215. The van der Waals surface area contributed by atoms with E-state index in [-0.39, 0.29) is 0 Å². The van der Waals surface area contributed by atoms with Crippen LogP contribution in [0.2, 0.25) is 0 Å². The number of rotatable bonds is 2. The van der Waals surface area contributed by atoms with Crippen molar-refractivity contribution in [3.05, 3.63) is 24.3 Å². The van der Waals surface area contributed by atoms with Gasteiger partial charge in [-0.2, -0.15) is 0 Å². The fourth-order valence-corrected chi connectivity index (χ4v) is 0.866. The van der Waals surface area contributed by atoms with E-state index in [4.69, 9.17) is 0 Å². The van der Waals surface area contributed by atoms with E-state index in [1.54, 1.807) is 26.1 Å². The maximum atomic E-state index is 9.41. The van der Waals surface area contributed by atoms with Gasteiger partial charge < -0.3 is 5.11 Å². The second kappa shape index (κ2) is 2.96. The molecule has 0 amide bonds. The lowest BCUT2D eigenvalue weighted by atomic mass is 10.0. The lowest BCUT2D eigenvalue weighted by molar-refractivity contribution is 0.0799. The maximum Gasteiger partial charge on any atom is 0.115 e. The van der Waals surface area contributed by atoms with Crippen molar-refractivity contribution >= 4 is 0 Å². The molecule has 0 saturated carbocycles. The molecule has 1 rings (SSSR count). The summed E-state index contributed by atoms with van der Waals surface area (Å²) in [6.45, 7) is 3.52. The molecule has 1 N–H and O–H groups in total. The molecule has 3 heteroatoms. The first-order valence-electron chi connectivity index (χ1n) is 3.55. The summed E-state index contributed by atoms with van der Waals surface area (Å²) < 4.78 is 0. The van der Waals surface area contributed by atoms with Crippen LogP contribution in [0.4, 0.5) is 0 Å². The van der Waals surface area contributed by atoms with Crippen LogP contribution in [0.3, 0.4) is 0 Å². The van der Waals surface area contributed by atoms with Crippen LogP contribution in [-0.4, -0.2) is 20.7 Å². The maximum absolute atomic E-state index is 9.41. The number of nitrogens with zero attached hydrogens (tertiary/aromatic N) is 2. The second-order valence-corrected chi connectivity index (χ2v) is 3.19. The molecule has 11 heavy (non-hydrogen) atoms. The third-order valence-electron chi connectivity index (χ3n) is 1.26. The van der Waals surface area contributed by atoms with E-state index in [0.29, 0.717) is 6.42 Å². The van der Waals surface area contributed by atoms with Crippen molar-refractivity contribution < 1.29 is 5.11 Å². The Morgan fingerprint density at radius 3 is 2.73 bits per heavy atom. The highest BCUT2D eigenvalue weighted by molar-refractivity contribution is 5.01. The summed E-state index contributed by atoms with van der Waals surface area (Å²) in [5, 5.41) is 9.41. The summed E-state index contributed by atoms with van der Waals surface area (Å²) in [6.07, 6.45) is 3.73. The van der Waals surface area contributed by atoms with Crippen molar-refractivity contribution in [1.82, 2.24) is 9.97 Å². The number of hydrogen-bond donors (Lipinski definition) is 1. The van der Waals surface area contributed by atoms with Gasteiger partial charge in [0.2, 0.25) is 0 Å². The van der Waals surface area contributed by atoms with Crippen LogP contribution in [0, 0.1) is 0 Å². The van der Waals surface area contributed by atoms with Crippen molar-refractivity contribution in [3.8, 4) is 0 Å². The van der Waals surface area contributed by atoms with Gasteiger partial charge in [0.15, 0.2) is 0 Å². The third-order valence-corrected chi connectivity index (χ3v) is 1.26. The van der Waals surface area contributed by atoms with Crippen LogP contribution < -0.4 is 0 Å². The molecular formula is C8H12N2O. The van der Waals surface area contributed by atoms with Gasteiger partial charge in [-0.15, -0.1) is 0 Å². The molecule has 0 unspecified atom stereocenters. The molecule has 0 aliphatic rings. The minimum absolute atomic E-state index is 0.565. The summed E-state index contributed by atoms with van der Waals surface area (Å²) in [5.41, 5.74) is 0.182. The molecule has 1 aromatic rings. The van der Waals surface area contributed by atoms with Crippen molar-refractivity contribution in [1.29, 1.82) is 0 Å². The van der Waals surface area contributed by atoms with Crippen molar-refractivity contribution in [2.45, 2.75) is 25.9 Å².